The predicted molar refractivity (Wildman–Crippen MR) is 63.8 cm³/mol. The molecular formula is C8H14Cl3F3S. The summed E-state index contributed by atoms with van der Waals surface area (Å²) >= 11 is 0. The Hall–Kier alpha value is 1.01. The van der Waals surface area contributed by atoms with E-state index in [1.165, 1.54) is 0 Å². The lowest BCUT2D eigenvalue weighted by Crippen LogP contribution is -2.06. The van der Waals surface area contributed by atoms with Crippen LogP contribution in [0.4, 0.5) is 13.2 Å². The monoisotopic (exact) mass is 304 g/mol. The molecule has 94 valence electrons. The first-order chi connectivity index (χ1) is 6.71. The second-order valence-corrected chi connectivity index (χ2v) is 10.9. The maximum Gasteiger partial charge on any atom is 0.389 e. The fourth-order valence-corrected chi connectivity index (χ4v) is 2.63. The highest BCUT2D eigenvalue weighted by molar-refractivity contribution is 8.79. The van der Waals surface area contributed by atoms with E-state index >= 15 is 0 Å². The van der Waals surface area contributed by atoms with Crippen LogP contribution in [0.3, 0.4) is 0 Å². The van der Waals surface area contributed by atoms with Gasteiger partial charge in [-0.25, -0.2) is 0 Å². The third kappa shape index (κ3) is 15.0. The molecule has 0 aliphatic carbocycles. The summed E-state index contributed by atoms with van der Waals surface area (Å²) in [5.74, 6) is 0.539. The minimum atomic E-state index is -4.03. The summed E-state index contributed by atoms with van der Waals surface area (Å²) in [6.45, 7) is 0. The quantitative estimate of drug-likeness (QED) is 0.494. The maximum absolute atomic E-state index is 11.7. The van der Waals surface area contributed by atoms with Gasteiger partial charge in [0.15, 0.2) is 0 Å². The average molecular weight is 306 g/mol. The van der Waals surface area contributed by atoms with Crippen molar-refractivity contribution < 1.29 is 13.2 Å². The van der Waals surface area contributed by atoms with Crippen LogP contribution >= 0.6 is 39.7 Å². The Kier molecular flexibility index (Phi) is 7.85. The smallest absolute Gasteiger partial charge is 0.171 e. The molecule has 15 heavy (non-hydrogen) atoms. The molecule has 0 fully saturated rings. The highest BCUT2D eigenvalue weighted by atomic mass is 36.2. The predicted octanol–water partition coefficient (Wildman–Crippen LogP) is 6.16. The van der Waals surface area contributed by atoms with Crippen LogP contribution in [0.15, 0.2) is 0 Å². The summed E-state index contributed by atoms with van der Waals surface area (Å²) in [5, 5.41) is 0. The molecule has 0 aliphatic rings. The highest BCUT2D eigenvalue weighted by Crippen LogP contribution is 2.63. The topological polar surface area (TPSA) is 0 Å². The van der Waals surface area contributed by atoms with Gasteiger partial charge in [-0.1, -0.05) is 19.3 Å². The van der Waals surface area contributed by atoms with Gasteiger partial charge in [0.25, 0.3) is 0 Å². The summed E-state index contributed by atoms with van der Waals surface area (Å²) in [7, 11) is 14.8. The summed E-state index contributed by atoms with van der Waals surface area (Å²) < 4.78 is 35.2. The van der Waals surface area contributed by atoms with E-state index < -0.39 is 20.3 Å². The lowest BCUT2D eigenvalue weighted by Gasteiger charge is -2.14. The van der Waals surface area contributed by atoms with E-state index in [2.05, 4.69) is 0 Å². The van der Waals surface area contributed by atoms with Gasteiger partial charge in [-0.2, -0.15) is 13.2 Å². The van der Waals surface area contributed by atoms with Crippen molar-refractivity contribution in [2.45, 2.75) is 44.7 Å². The molecular weight excluding hydrogens is 292 g/mol. The largest absolute Gasteiger partial charge is 0.389 e. The van der Waals surface area contributed by atoms with Gasteiger partial charge in [0, 0.05) is 12.2 Å². The highest BCUT2D eigenvalue weighted by Gasteiger charge is 2.25. The van der Waals surface area contributed by atoms with Crippen LogP contribution in [-0.2, 0) is 0 Å². The maximum atomic E-state index is 11.7. The van der Waals surface area contributed by atoms with Gasteiger partial charge >= 0.3 is 6.18 Å². The van der Waals surface area contributed by atoms with Crippen molar-refractivity contribution in [1.82, 2.24) is 0 Å². The van der Waals surface area contributed by atoms with E-state index in [4.69, 9.17) is 32.0 Å². The Balaban J connectivity index is 3.20. The van der Waals surface area contributed by atoms with Crippen LogP contribution in [0, 0.1) is 0 Å². The Morgan fingerprint density at radius 1 is 0.800 bits per heavy atom. The second-order valence-electron chi connectivity index (χ2n) is 3.34. The zero-order chi connectivity index (χ0) is 11.9. The zero-order valence-electron chi connectivity index (χ0n) is 8.13. The molecule has 0 atom stereocenters. The third-order valence-corrected chi connectivity index (χ3v) is 3.98. The van der Waals surface area contributed by atoms with Crippen molar-refractivity contribution in [3.05, 3.63) is 0 Å². The molecule has 0 spiro atoms. The molecule has 0 aliphatic heterocycles. The summed E-state index contributed by atoms with van der Waals surface area (Å²) in [5.41, 5.74) is 0. The Bertz CT molecular complexity index is 149. The van der Waals surface area contributed by atoms with Gasteiger partial charge in [-0.05, 0) is 52.6 Å². The van der Waals surface area contributed by atoms with Crippen LogP contribution < -0.4 is 0 Å². The van der Waals surface area contributed by atoms with E-state index in [1.807, 2.05) is 0 Å². The molecule has 0 amide bonds. The minimum absolute atomic E-state index is 0.199. The normalized spacial score (nSPS) is 14.3. The van der Waals surface area contributed by atoms with Gasteiger partial charge in [0.2, 0.25) is 0 Å². The molecule has 0 saturated heterocycles. The molecule has 0 aromatic carbocycles. The van der Waals surface area contributed by atoms with Crippen LogP contribution in [0.5, 0.6) is 0 Å². The lowest BCUT2D eigenvalue weighted by molar-refractivity contribution is -0.135. The molecule has 0 saturated carbocycles. The van der Waals surface area contributed by atoms with Crippen LogP contribution in [-0.4, -0.2) is 11.9 Å². The van der Waals surface area contributed by atoms with Gasteiger partial charge in [0.1, 0.15) is 0 Å². The average Bonchev–Trinajstić information content (AvgIpc) is 1.98. The fraction of sp³-hybridized carbons (Fsp3) is 1.00. The van der Waals surface area contributed by atoms with E-state index in [-0.39, 0.29) is 6.42 Å². The number of halogens is 6. The molecule has 0 aromatic heterocycles. The molecule has 0 heterocycles. The number of hydrogen-bond acceptors (Lipinski definition) is 0. The van der Waals surface area contributed by atoms with Gasteiger partial charge < -0.3 is 0 Å². The van der Waals surface area contributed by atoms with Crippen LogP contribution in [0.1, 0.15) is 38.5 Å². The Morgan fingerprint density at radius 2 is 1.27 bits per heavy atom. The molecule has 0 radical (unpaired) electrons. The number of alkyl halides is 3. The van der Waals surface area contributed by atoms with E-state index in [0.29, 0.717) is 12.2 Å². The van der Waals surface area contributed by atoms with Gasteiger partial charge in [0.05, 0.1) is 0 Å². The van der Waals surface area contributed by atoms with Crippen molar-refractivity contribution in [3.8, 4) is 0 Å². The Morgan fingerprint density at radius 3 is 1.73 bits per heavy atom. The minimum Gasteiger partial charge on any atom is -0.171 e. The fourth-order valence-electron chi connectivity index (χ4n) is 1.12. The summed E-state index contributed by atoms with van der Waals surface area (Å²) in [6.07, 6.45) is -1.55. The van der Waals surface area contributed by atoms with Gasteiger partial charge in [-0.15, -0.1) is 0 Å². The van der Waals surface area contributed by atoms with Crippen molar-refractivity contribution in [2.75, 3.05) is 5.75 Å². The number of unbranched alkanes of at least 4 members (excludes halogenated alkanes) is 4. The Labute approximate surface area is 103 Å². The second kappa shape index (κ2) is 7.36. The number of rotatable bonds is 7. The van der Waals surface area contributed by atoms with Crippen LogP contribution in [0.2, 0.25) is 0 Å². The molecule has 0 aromatic rings. The van der Waals surface area contributed by atoms with Crippen molar-refractivity contribution in [2.24, 2.45) is 0 Å². The van der Waals surface area contributed by atoms with Crippen LogP contribution in [0.25, 0.3) is 0 Å². The standard InChI is InChI=1S/C8H14Cl3F3S/c9-15(10,11)7-5-3-1-2-4-6-8(12,13)14/h1-7H2. The lowest BCUT2D eigenvalue weighted by atomic mass is 10.1. The number of hydrogen-bond donors (Lipinski definition) is 0. The summed E-state index contributed by atoms with van der Waals surface area (Å²) in [6, 6.07) is 0. The molecule has 0 N–H and O–H groups in total. The molecule has 0 bridgehead atoms. The van der Waals surface area contributed by atoms with E-state index in [9.17, 15) is 13.2 Å². The first-order valence-corrected chi connectivity index (χ1v) is 8.95. The van der Waals surface area contributed by atoms with E-state index in [1.54, 1.807) is 0 Å². The van der Waals surface area contributed by atoms with Crippen molar-refractivity contribution >= 4 is 39.7 Å². The SMILES string of the molecule is FC(F)(F)CCCCCCCS(Cl)(Cl)Cl. The first-order valence-electron chi connectivity index (χ1n) is 4.67. The first kappa shape index (κ1) is 16.0. The molecule has 0 unspecified atom stereocenters. The van der Waals surface area contributed by atoms with Crippen molar-refractivity contribution in [1.29, 1.82) is 0 Å². The molecule has 7 heteroatoms. The molecule has 0 rings (SSSR count). The summed E-state index contributed by atoms with van der Waals surface area (Å²) in [4.78, 5) is 0. The molecule has 0 nitrogen and oxygen atoms in total. The van der Waals surface area contributed by atoms with E-state index in [0.717, 1.165) is 19.3 Å². The third-order valence-electron chi connectivity index (χ3n) is 1.84. The van der Waals surface area contributed by atoms with Crippen molar-refractivity contribution in [3.63, 3.8) is 0 Å². The van der Waals surface area contributed by atoms with Gasteiger partial charge in [-0.3, -0.25) is 0 Å². The zero-order valence-corrected chi connectivity index (χ0v) is 11.2.